The van der Waals surface area contributed by atoms with E-state index in [1.807, 2.05) is 36.4 Å². The molecular formula is C48H56N4O10S. The summed E-state index contributed by atoms with van der Waals surface area (Å²) in [5.74, 6) is -0.802. The second kappa shape index (κ2) is 19.6. The molecule has 1 aliphatic heterocycles. The van der Waals surface area contributed by atoms with Crippen LogP contribution in [0.4, 0.5) is 5.69 Å². The minimum atomic E-state index is -3.77. The third-order valence-corrected chi connectivity index (χ3v) is 12.9. The van der Waals surface area contributed by atoms with Gasteiger partial charge in [0.1, 0.15) is 36.8 Å². The summed E-state index contributed by atoms with van der Waals surface area (Å²) >= 11 is 0. The summed E-state index contributed by atoms with van der Waals surface area (Å²) in [6.45, 7) is 13.9. The van der Waals surface area contributed by atoms with Gasteiger partial charge >= 0.3 is 5.97 Å². The van der Waals surface area contributed by atoms with E-state index in [4.69, 9.17) is 19.3 Å². The topological polar surface area (TPSA) is 193 Å². The summed E-state index contributed by atoms with van der Waals surface area (Å²) in [4.78, 5) is 52.8. The van der Waals surface area contributed by atoms with E-state index in [9.17, 15) is 27.6 Å². The number of piperidine rings is 1. The van der Waals surface area contributed by atoms with E-state index in [0.717, 1.165) is 16.7 Å². The maximum atomic E-state index is 13.6. The number of benzene rings is 4. The molecule has 0 unspecified atom stereocenters. The number of carbonyl (C=O) groups excluding carboxylic acids is 2. The summed E-state index contributed by atoms with van der Waals surface area (Å²) in [5, 5.41) is 14.5. The lowest BCUT2D eigenvalue weighted by Gasteiger charge is -2.31. The van der Waals surface area contributed by atoms with Crippen LogP contribution in [0, 0.1) is 0 Å². The Hall–Kier alpha value is -6.03. The van der Waals surface area contributed by atoms with Crippen molar-refractivity contribution in [3.8, 4) is 11.5 Å². The van der Waals surface area contributed by atoms with Gasteiger partial charge in [0.05, 0.1) is 18.1 Å². The largest absolute Gasteiger partial charge is 0.491 e. The summed E-state index contributed by atoms with van der Waals surface area (Å²) < 4.78 is 46.2. The highest BCUT2D eigenvalue weighted by atomic mass is 32.2. The molecule has 63 heavy (non-hydrogen) atoms. The Morgan fingerprint density at radius 1 is 0.794 bits per heavy atom. The second-order valence-electron chi connectivity index (χ2n) is 17.6. The molecule has 6 rings (SSSR count). The first-order chi connectivity index (χ1) is 29.8. The number of carboxylic acid groups (broad SMARTS) is 1. The van der Waals surface area contributed by atoms with Crippen molar-refractivity contribution in [3.63, 3.8) is 0 Å². The van der Waals surface area contributed by atoms with Gasteiger partial charge in [-0.1, -0.05) is 65.8 Å². The van der Waals surface area contributed by atoms with Crippen LogP contribution in [0.3, 0.4) is 0 Å². The SMILES string of the molecule is CC(C)(C)c1cc(C(C)(C)C)c(OCCOCCOc2ccc(C3CCN(S(=O)(=O)c4ccc(C(=O)NCC(=O)O)cc4)CC3)cc2)cc1NC(=O)c1c[nH]c2ccccc2c1=O. The van der Waals surface area contributed by atoms with Crippen molar-refractivity contribution in [2.75, 3.05) is 51.4 Å². The van der Waals surface area contributed by atoms with E-state index in [1.165, 1.54) is 34.8 Å². The zero-order chi connectivity index (χ0) is 45.5. The Bertz CT molecular complexity index is 2600. The van der Waals surface area contributed by atoms with Crippen LogP contribution < -0.4 is 25.5 Å². The van der Waals surface area contributed by atoms with Crippen LogP contribution in [0.1, 0.15) is 97.7 Å². The maximum Gasteiger partial charge on any atom is 0.322 e. The number of hydrogen-bond acceptors (Lipinski definition) is 9. The lowest BCUT2D eigenvalue weighted by atomic mass is 9.79. The highest BCUT2D eigenvalue weighted by Gasteiger charge is 2.31. The minimum Gasteiger partial charge on any atom is -0.491 e. The number of aromatic nitrogens is 1. The van der Waals surface area contributed by atoms with Gasteiger partial charge < -0.3 is 34.9 Å². The molecule has 0 bridgehead atoms. The first-order valence-electron chi connectivity index (χ1n) is 21.0. The zero-order valence-electron chi connectivity index (χ0n) is 36.6. The Morgan fingerprint density at radius 2 is 1.43 bits per heavy atom. The predicted molar refractivity (Wildman–Crippen MR) is 242 cm³/mol. The summed E-state index contributed by atoms with van der Waals surface area (Å²) in [6.07, 6.45) is 2.74. The number of H-pyrrole nitrogens is 1. The van der Waals surface area contributed by atoms with Crippen molar-refractivity contribution < 1.29 is 42.1 Å². The normalized spacial score (nSPS) is 14.0. The van der Waals surface area contributed by atoms with Crippen molar-refractivity contribution in [2.24, 2.45) is 0 Å². The van der Waals surface area contributed by atoms with E-state index < -0.39 is 34.4 Å². The van der Waals surface area contributed by atoms with Gasteiger partial charge in [-0.25, -0.2) is 8.42 Å². The fourth-order valence-electron chi connectivity index (χ4n) is 7.52. The Balaban J connectivity index is 0.977. The Morgan fingerprint density at radius 3 is 2.06 bits per heavy atom. The molecule has 4 N–H and O–H groups in total. The average Bonchev–Trinajstić information content (AvgIpc) is 3.25. The van der Waals surface area contributed by atoms with Gasteiger partial charge in [-0.05, 0) is 101 Å². The molecule has 1 aliphatic rings. The number of aliphatic carboxylic acids is 1. The number of hydrogen-bond donors (Lipinski definition) is 4. The summed E-state index contributed by atoms with van der Waals surface area (Å²) in [5.41, 5.74) is 3.43. The monoisotopic (exact) mass is 880 g/mol. The molecule has 0 spiro atoms. The third kappa shape index (κ3) is 11.5. The molecule has 0 atom stereocenters. The molecule has 2 amide bonds. The predicted octanol–water partition coefficient (Wildman–Crippen LogP) is 7.23. The number of carboxylic acids is 1. The van der Waals surface area contributed by atoms with Crippen molar-refractivity contribution >= 4 is 44.4 Å². The number of anilines is 1. The van der Waals surface area contributed by atoms with Crippen LogP contribution >= 0.6 is 0 Å². The van der Waals surface area contributed by atoms with E-state index in [1.54, 1.807) is 18.2 Å². The van der Waals surface area contributed by atoms with Crippen molar-refractivity contribution in [2.45, 2.75) is 76.0 Å². The number of sulfonamides is 1. The number of fused-ring (bicyclic) bond motifs is 1. The number of rotatable bonds is 16. The summed E-state index contributed by atoms with van der Waals surface area (Å²) in [6, 6.07) is 24.3. The highest BCUT2D eigenvalue weighted by Crippen LogP contribution is 2.40. The van der Waals surface area contributed by atoms with Gasteiger partial charge in [0.15, 0.2) is 0 Å². The average molecular weight is 881 g/mol. The van der Waals surface area contributed by atoms with E-state index in [2.05, 4.69) is 63.2 Å². The maximum absolute atomic E-state index is 13.6. The van der Waals surface area contributed by atoms with Gasteiger partial charge in [0.2, 0.25) is 15.5 Å². The van der Waals surface area contributed by atoms with E-state index >= 15 is 0 Å². The van der Waals surface area contributed by atoms with Crippen molar-refractivity contribution in [1.82, 2.24) is 14.6 Å². The quantitative estimate of drug-likeness (QED) is 0.0735. The molecule has 14 nitrogen and oxygen atoms in total. The van der Waals surface area contributed by atoms with Gasteiger partial charge in [-0.3, -0.25) is 19.2 Å². The number of amides is 2. The number of pyridine rings is 1. The molecule has 1 fully saturated rings. The smallest absolute Gasteiger partial charge is 0.322 e. The number of nitrogens with one attached hydrogen (secondary N) is 3. The number of para-hydroxylation sites is 1. The fraction of sp³-hybridized carbons (Fsp3) is 0.375. The van der Waals surface area contributed by atoms with Crippen molar-refractivity contribution in [3.05, 3.63) is 129 Å². The molecule has 334 valence electrons. The lowest BCUT2D eigenvalue weighted by Crippen LogP contribution is -2.37. The number of nitrogens with zero attached hydrogens (tertiary/aromatic N) is 1. The van der Waals surface area contributed by atoms with Crippen LogP contribution in [0.5, 0.6) is 11.5 Å². The molecule has 4 aromatic carbocycles. The molecule has 15 heteroatoms. The van der Waals surface area contributed by atoms with Crippen molar-refractivity contribution in [1.29, 1.82) is 0 Å². The molecule has 5 aromatic rings. The van der Waals surface area contributed by atoms with Gasteiger partial charge in [-0.2, -0.15) is 4.31 Å². The van der Waals surface area contributed by atoms with Crippen LogP contribution in [0.2, 0.25) is 0 Å². The molecular weight excluding hydrogens is 825 g/mol. The molecule has 2 heterocycles. The number of carbonyl (C=O) groups is 3. The fourth-order valence-corrected chi connectivity index (χ4v) is 8.99. The number of aromatic amines is 1. The molecule has 1 saturated heterocycles. The van der Waals surface area contributed by atoms with Gasteiger partial charge in [0.25, 0.3) is 11.8 Å². The highest BCUT2D eigenvalue weighted by molar-refractivity contribution is 7.89. The van der Waals surface area contributed by atoms with Gasteiger partial charge in [-0.15, -0.1) is 0 Å². The minimum absolute atomic E-state index is 0.0174. The van der Waals surface area contributed by atoms with Gasteiger partial charge in [0, 0.05) is 47.5 Å². The first-order valence-corrected chi connectivity index (χ1v) is 22.4. The van der Waals surface area contributed by atoms with Crippen LogP contribution in [-0.2, 0) is 30.4 Å². The first kappa shape index (κ1) is 46.5. The number of ether oxygens (including phenoxy) is 3. The molecule has 1 aromatic heterocycles. The molecule has 0 aliphatic carbocycles. The van der Waals surface area contributed by atoms with E-state index in [0.29, 0.717) is 73.8 Å². The van der Waals surface area contributed by atoms with Crippen LogP contribution in [0.25, 0.3) is 10.9 Å². The summed E-state index contributed by atoms with van der Waals surface area (Å²) in [7, 11) is -3.77. The molecule has 0 radical (unpaired) electrons. The Labute approximate surface area is 368 Å². The zero-order valence-corrected chi connectivity index (χ0v) is 37.4. The van der Waals surface area contributed by atoms with E-state index in [-0.39, 0.29) is 44.8 Å². The Kier molecular flexibility index (Phi) is 14.4. The van der Waals surface area contributed by atoms with Crippen LogP contribution in [-0.4, -0.2) is 86.7 Å². The third-order valence-electron chi connectivity index (χ3n) is 11.0. The lowest BCUT2D eigenvalue weighted by molar-refractivity contribution is -0.135. The second-order valence-corrected chi connectivity index (χ2v) is 19.5. The standard InChI is InChI=1S/C48H56N4O10S/c1-47(2,3)38-27-39(48(4,5)6)42(28-41(38)51-46(57)37-29-49-40-10-8-7-9-36(40)44(37)55)62-26-24-60-23-25-61-34-15-11-31(12-16-34)32-19-21-52(22-20-32)63(58,59)35-17-13-33(14-18-35)45(56)50-30-43(53)54/h7-18,27-29,32H,19-26,30H2,1-6H3,(H,49,55)(H,50,56)(H,51,57)(H,53,54). The van der Waals surface area contributed by atoms with Crippen LogP contribution in [0.15, 0.2) is 101 Å². The molecule has 0 saturated carbocycles.